The Morgan fingerprint density at radius 1 is 0.786 bits per heavy atom. The van der Waals surface area contributed by atoms with E-state index in [0.29, 0.717) is 0 Å². The van der Waals surface area contributed by atoms with Crippen LogP contribution in [0.2, 0.25) is 0 Å². The Labute approximate surface area is 81.9 Å². The van der Waals surface area contributed by atoms with E-state index >= 15 is 0 Å². The van der Waals surface area contributed by atoms with Crippen molar-refractivity contribution in [3.8, 4) is 0 Å². The summed E-state index contributed by atoms with van der Waals surface area (Å²) in [6.45, 7) is 3.44. The van der Waals surface area contributed by atoms with Crippen LogP contribution in [0.3, 0.4) is 0 Å². The second kappa shape index (κ2) is 4.37. The van der Waals surface area contributed by atoms with Crippen LogP contribution in [0.4, 0.5) is 0 Å². The molecule has 0 spiro atoms. The first-order valence-corrected chi connectivity index (χ1v) is 4.52. The molecule has 6 atom stereocenters. The molecule has 0 bridgehead atoms. The zero-order valence-corrected chi connectivity index (χ0v) is 7.69. The van der Waals surface area contributed by atoms with E-state index in [0.717, 1.165) is 0 Å². The highest BCUT2D eigenvalue weighted by Gasteiger charge is 2.47. The van der Waals surface area contributed by atoms with Crippen LogP contribution in [0.5, 0.6) is 0 Å². The average molecular weight is 204 g/mol. The van der Waals surface area contributed by atoms with Crippen molar-refractivity contribution in [2.75, 3.05) is 0 Å². The first-order chi connectivity index (χ1) is 6.50. The maximum absolute atomic E-state index is 9.50. The van der Waals surface area contributed by atoms with Crippen LogP contribution >= 0.6 is 0 Å². The van der Waals surface area contributed by atoms with Crippen molar-refractivity contribution in [3.05, 3.63) is 12.7 Å². The lowest BCUT2D eigenvalue weighted by molar-refractivity contribution is -0.202. The first-order valence-electron chi connectivity index (χ1n) is 4.52. The third-order valence-corrected chi connectivity index (χ3v) is 2.72. The Bertz CT molecular complexity index is 191. The highest BCUT2D eigenvalue weighted by Crippen LogP contribution is 2.28. The monoisotopic (exact) mass is 204 g/mol. The summed E-state index contributed by atoms with van der Waals surface area (Å²) in [5.74, 6) is -0.694. The summed E-state index contributed by atoms with van der Waals surface area (Å²) >= 11 is 0. The van der Waals surface area contributed by atoms with Gasteiger partial charge in [-0.1, -0.05) is 6.08 Å². The van der Waals surface area contributed by atoms with Crippen LogP contribution in [-0.2, 0) is 0 Å². The molecule has 5 nitrogen and oxygen atoms in total. The maximum Gasteiger partial charge on any atom is 0.111 e. The molecule has 0 heterocycles. The van der Waals surface area contributed by atoms with E-state index in [1.165, 1.54) is 6.08 Å². The van der Waals surface area contributed by atoms with Gasteiger partial charge in [0.1, 0.15) is 18.3 Å². The summed E-state index contributed by atoms with van der Waals surface area (Å²) in [7, 11) is 0. The van der Waals surface area contributed by atoms with Crippen LogP contribution in [0, 0.1) is 5.92 Å². The summed E-state index contributed by atoms with van der Waals surface area (Å²) in [5, 5.41) is 46.9. The molecular formula is C9H16O5. The number of aliphatic hydroxyl groups excluding tert-OH is 5. The van der Waals surface area contributed by atoms with E-state index in [9.17, 15) is 25.5 Å². The van der Waals surface area contributed by atoms with Gasteiger partial charge in [-0.25, -0.2) is 0 Å². The molecule has 14 heavy (non-hydrogen) atoms. The fourth-order valence-corrected chi connectivity index (χ4v) is 1.79. The standard InChI is InChI=1S/C9H16O5/c1-2-3-4-5(10)7(12)9(14)8(13)6(4)11/h2,4-14H,1,3H2/t4-,5+,6-,7-,8-,9+/m0/s1. The summed E-state index contributed by atoms with van der Waals surface area (Å²) in [4.78, 5) is 0. The molecule has 0 unspecified atom stereocenters. The number of hydrogen-bond acceptors (Lipinski definition) is 5. The van der Waals surface area contributed by atoms with Crippen LogP contribution in [-0.4, -0.2) is 56.1 Å². The molecule has 0 aliphatic heterocycles. The Balaban J connectivity index is 2.80. The molecule has 0 aromatic carbocycles. The molecular weight excluding hydrogens is 188 g/mol. The molecule has 1 rings (SSSR count). The minimum atomic E-state index is -1.51. The summed E-state index contributed by atoms with van der Waals surface area (Å²) in [6, 6.07) is 0. The molecule has 1 saturated carbocycles. The lowest BCUT2D eigenvalue weighted by Gasteiger charge is -2.41. The van der Waals surface area contributed by atoms with Gasteiger partial charge in [0.05, 0.1) is 12.2 Å². The second-order valence-electron chi connectivity index (χ2n) is 3.64. The lowest BCUT2D eigenvalue weighted by Crippen LogP contribution is -2.60. The Hall–Kier alpha value is -0.460. The van der Waals surface area contributed by atoms with Crippen LogP contribution in [0.1, 0.15) is 6.42 Å². The summed E-state index contributed by atoms with van der Waals surface area (Å²) in [6.07, 6.45) is -5.13. The first kappa shape index (κ1) is 11.6. The zero-order valence-electron chi connectivity index (χ0n) is 7.69. The van der Waals surface area contributed by atoms with Crippen LogP contribution in [0.25, 0.3) is 0 Å². The quantitative estimate of drug-likeness (QED) is 0.335. The van der Waals surface area contributed by atoms with Gasteiger partial charge in [-0.05, 0) is 6.42 Å². The van der Waals surface area contributed by atoms with Crippen molar-refractivity contribution >= 4 is 0 Å². The molecule has 1 aliphatic rings. The third kappa shape index (κ3) is 1.82. The van der Waals surface area contributed by atoms with Crippen LogP contribution < -0.4 is 0 Å². The predicted molar refractivity (Wildman–Crippen MR) is 48.3 cm³/mol. The molecule has 0 saturated heterocycles. The van der Waals surface area contributed by atoms with E-state index in [1.807, 2.05) is 0 Å². The smallest absolute Gasteiger partial charge is 0.111 e. The van der Waals surface area contributed by atoms with Gasteiger partial charge >= 0.3 is 0 Å². The van der Waals surface area contributed by atoms with Gasteiger partial charge in [0, 0.05) is 5.92 Å². The van der Waals surface area contributed by atoms with Gasteiger partial charge in [-0.15, -0.1) is 6.58 Å². The molecule has 5 heteroatoms. The van der Waals surface area contributed by atoms with Crippen LogP contribution in [0.15, 0.2) is 12.7 Å². The fourth-order valence-electron chi connectivity index (χ4n) is 1.79. The molecule has 1 aliphatic carbocycles. The number of allylic oxidation sites excluding steroid dienone is 1. The minimum absolute atomic E-state index is 0.267. The second-order valence-corrected chi connectivity index (χ2v) is 3.64. The van der Waals surface area contributed by atoms with Gasteiger partial charge in [0.15, 0.2) is 0 Å². The fraction of sp³-hybridized carbons (Fsp3) is 0.778. The highest BCUT2D eigenvalue weighted by molar-refractivity contribution is 4.99. The molecule has 0 amide bonds. The van der Waals surface area contributed by atoms with Crippen molar-refractivity contribution < 1.29 is 25.5 Å². The average Bonchev–Trinajstić information content (AvgIpc) is 2.19. The van der Waals surface area contributed by atoms with Gasteiger partial charge < -0.3 is 25.5 Å². The molecule has 82 valence electrons. The predicted octanol–water partition coefficient (Wildman–Crippen LogP) is -2.00. The van der Waals surface area contributed by atoms with Crippen molar-refractivity contribution in [2.45, 2.75) is 36.9 Å². The third-order valence-electron chi connectivity index (χ3n) is 2.72. The maximum atomic E-state index is 9.50. The van der Waals surface area contributed by atoms with E-state index in [4.69, 9.17) is 0 Å². The minimum Gasteiger partial charge on any atom is -0.390 e. The SMILES string of the molecule is C=CC[C@@H]1[C@H](O)[C@H](O)[C@H](O)[C@@H](O)[C@@H]1O. The highest BCUT2D eigenvalue weighted by atomic mass is 16.4. The Kier molecular flexibility index (Phi) is 3.63. The van der Waals surface area contributed by atoms with Crippen molar-refractivity contribution in [1.29, 1.82) is 0 Å². The van der Waals surface area contributed by atoms with E-state index < -0.39 is 36.4 Å². The van der Waals surface area contributed by atoms with E-state index in [1.54, 1.807) is 0 Å². The summed E-state index contributed by atoms with van der Waals surface area (Å²) in [5.41, 5.74) is 0. The largest absolute Gasteiger partial charge is 0.390 e. The zero-order chi connectivity index (χ0) is 10.9. The van der Waals surface area contributed by atoms with E-state index in [-0.39, 0.29) is 6.42 Å². The van der Waals surface area contributed by atoms with Crippen molar-refractivity contribution in [1.82, 2.24) is 0 Å². The number of aliphatic hydroxyl groups is 5. The number of rotatable bonds is 2. The normalized spacial score (nSPS) is 48.9. The van der Waals surface area contributed by atoms with Crippen molar-refractivity contribution in [3.63, 3.8) is 0 Å². The van der Waals surface area contributed by atoms with Crippen molar-refractivity contribution in [2.24, 2.45) is 5.92 Å². The van der Waals surface area contributed by atoms with Gasteiger partial charge in [0.2, 0.25) is 0 Å². The number of hydrogen-bond donors (Lipinski definition) is 5. The topological polar surface area (TPSA) is 101 Å². The molecule has 0 radical (unpaired) electrons. The summed E-state index contributed by atoms with van der Waals surface area (Å²) < 4.78 is 0. The molecule has 5 N–H and O–H groups in total. The van der Waals surface area contributed by atoms with E-state index in [2.05, 4.69) is 6.58 Å². The molecule has 0 aromatic rings. The van der Waals surface area contributed by atoms with Gasteiger partial charge in [-0.3, -0.25) is 0 Å². The van der Waals surface area contributed by atoms with Gasteiger partial charge in [0.25, 0.3) is 0 Å². The molecule has 1 fully saturated rings. The lowest BCUT2D eigenvalue weighted by atomic mass is 9.77. The Morgan fingerprint density at radius 3 is 1.50 bits per heavy atom. The molecule has 0 aromatic heterocycles. The Morgan fingerprint density at radius 2 is 1.14 bits per heavy atom. The van der Waals surface area contributed by atoms with Gasteiger partial charge in [-0.2, -0.15) is 0 Å².